The van der Waals surface area contributed by atoms with E-state index in [1.807, 2.05) is 6.92 Å². The first-order valence-corrected chi connectivity index (χ1v) is 8.11. The van der Waals surface area contributed by atoms with Gasteiger partial charge in [0.15, 0.2) is 0 Å². The van der Waals surface area contributed by atoms with E-state index in [-0.39, 0.29) is 5.41 Å². The zero-order valence-corrected chi connectivity index (χ0v) is 13.8. The normalized spacial score (nSPS) is 13.7. The topological polar surface area (TPSA) is 34.1 Å². The first kappa shape index (κ1) is 16.6. The maximum absolute atomic E-state index is 5.55. The van der Waals surface area contributed by atoms with E-state index in [1.54, 1.807) is 11.3 Å². The van der Waals surface area contributed by atoms with Crippen LogP contribution in [0.4, 0.5) is 0 Å². The van der Waals surface area contributed by atoms with Crippen LogP contribution in [0.2, 0.25) is 0 Å². The molecule has 0 saturated heterocycles. The summed E-state index contributed by atoms with van der Waals surface area (Å²) in [6.07, 6.45) is 2.11. The fourth-order valence-electron chi connectivity index (χ4n) is 1.76. The summed E-state index contributed by atoms with van der Waals surface area (Å²) in [5.41, 5.74) is 1.33. The van der Waals surface area contributed by atoms with Gasteiger partial charge in [0.25, 0.3) is 0 Å². The van der Waals surface area contributed by atoms with Gasteiger partial charge in [0.1, 0.15) is 0 Å². The number of nitrogens with zero attached hydrogens (tertiary/aromatic N) is 1. The highest BCUT2D eigenvalue weighted by atomic mass is 32.1. The molecular formula is C15H28N2OS. The van der Waals surface area contributed by atoms with Crippen LogP contribution in [0.1, 0.15) is 51.7 Å². The van der Waals surface area contributed by atoms with Gasteiger partial charge in [0.05, 0.1) is 17.3 Å². The van der Waals surface area contributed by atoms with Crippen molar-refractivity contribution in [3.8, 4) is 0 Å². The summed E-state index contributed by atoms with van der Waals surface area (Å²) < 4.78 is 5.55. The zero-order chi connectivity index (χ0) is 14.3. The second-order valence-corrected chi connectivity index (χ2v) is 6.83. The van der Waals surface area contributed by atoms with E-state index in [4.69, 9.17) is 9.72 Å². The van der Waals surface area contributed by atoms with Gasteiger partial charge in [-0.3, -0.25) is 0 Å². The van der Waals surface area contributed by atoms with Crippen LogP contribution in [0.3, 0.4) is 0 Å². The van der Waals surface area contributed by atoms with Crippen molar-refractivity contribution in [2.45, 2.75) is 58.9 Å². The summed E-state index contributed by atoms with van der Waals surface area (Å²) in [7, 11) is 0. The number of thiazole rings is 1. The van der Waals surface area contributed by atoms with Crippen molar-refractivity contribution in [1.82, 2.24) is 10.3 Å². The molecule has 1 heterocycles. The van der Waals surface area contributed by atoms with Crippen LogP contribution in [0.5, 0.6) is 0 Å². The molecule has 0 bridgehead atoms. The number of nitrogens with one attached hydrogen (secondary N) is 1. The second-order valence-electron chi connectivity index (χ2n) is 5.89. The number of rotatable bonds is 8. The molecule has 0 spiro atoms. The summed E-state index contributed by atoms with van der Waals surface area (Å²) in [5.74, 6) is 0. The molecule has 1 atom stereocenters. The Balaban J connectivity index is 2.59. The first-order valence-electron chi connectivity index (χ1n) is 7.23. The highest BCUT2D eigenvalue weighted by Crippen LogP contribution is 2.24. The van der Waals surface area contributed by atoms with Crippen molar-refractivity contribution in [2.24, 2.45) is 0 Å². The number of hydrogen-bond donors (Lipinski definition) is 1. The van der Waals surface area contributed by atoms with Gasteiger partial charge in [0, 0.05) is 29.9 Å². The number of aromatic nitrogens is 1. The van der Waals surface area contributed by atoms with Crippen LogP contribution in [0, 0.1) is 0 Å². The quantitative estimate of drug-likeness (QED) is 0.794. The average molecular weight is 284 g/mol. The van der Waals surface area contributed by atoms with E-state index in [0.717, 1.165) is 32.6 Å². The Hall–Kier alpha value is -0.450. The summed E-state index contributed by atoms with van der Waals surface area (Å²) in [5, 5.41) is 6.94. The third-order valence-corrected chi connectivity index (χ3v) is 3.82. The van der Waals surface area contributed by atoms with E-state index >= 15 is 0 Å². The molecule has 1 aromatic rings. The van der Waals surface area contributed by atoms with E-state index < -0.39 is 0 Å². The van der Waals surface area contributed by atoms with Crippen LogP contribution in [0.25, 0.3) is 0 Å². The molecule has 0 fully saturated rings. The minimum atomic E-state index is 0.140. The smallest absolute Gasteiger partial charge is 0.0944 e. The number of ether oxygens (including phenoxy) is 1. The molecule has 1 aromatic heterocycles. The molecule has 0 aromatic carbocycles. The Kier molecular flexibility index (Phi) is 6.97. The van der Waals surface area contributed by atoms with Gasteiger partial charge in [-0.1, -0.05) is 27.7 Å². The molecular weight excluding hydrogens is 256 g/mol. The Morgan fingerprint density at radius 3 is 2.63 bits per heavy atom. The van der Waals surface area contributed by atoms with Gasteiger partial charge in [0.2, 0.25) is 0 Å². The van der Waals surface area contributed by atoms with E-state index in [0.29, 0.717) is 6.04 Å². The van der Waals surface area contributed by atoms with E-state index in [9.17, 15) is 0 Å². The van der Waals surface area contributed by atoms with Gasteiger partial charge in [-0.15, -0.1) is 11.3 Å². The molecule has 1 N–H and O–H groups in total. The van der Waals surface area contributed by atoms with Crippen LogP contribution in [-0.4, -0.2) is 30.8 Å². The Morgan fingerprint density at radius 1 is 1.37 bits per heavy atom. The molecule has 0 saturated carbocycles. The summed E-state index contributed by atoms with van der Waals surface area (Å²) in [6, 6.07) is 0.374. The monoisotopic (exact) mass is 284 g/mol. The third kappa shape index (κ3) is 6.02. The zero-order valence-electron chi connectivity index (χ0n) is 13.0. The van der Waals surface area contributed by atoms with Gasteiger partial charge < -0.3 is 10.1 Å². The van der Waals surface area contributed by atoms with Crippen LogP contribution in [-0.2, 0) is 16.6 Å². The Bertz CT molecular complexity index is 349. The van der Waals surface area contributed by atoms with Crippen molar-refractivity contribution in [3.63, 3.8) is 0 Å². The number of hydrogen-bond acceptors (Lipinski definition) is 4. The predicted molar refractivity (Wildman–Crippen MR) is 83.1 cm³/mol. The van der Waals surface area contributed by atoms with Gasteiger partial charge in [-0.25, -0.2) is 4.98 Å². The molecule has 1 unspecified atom stereocenters. The SMILES string of the molecule is CCCNC(COCC)Cc1nc(C(C)(C)C)cs1. The molecule has 0 amide bonds. The fourth-order valence-corrected chi connectivity index (χ4v) is 2.86. The van der Waals surface area contributed by atoms with Gasteiger partial charge in [-0.05, 0) is 19.9 Å². The van der Waals surface area contributed by atoms with Crippen LogP contribution in [0.15, 0.2) is 5.38 Å². The van der Waals surface area contributed by atoms with Crippen molar-refractivity contribution in [2.75, 3.05) is 19.8 Å². The average Bonchev–Trinajstić information content (AvgIpc) is 2.81. The Labute approximate surface area is 121 Å². The molecule has 110 valence electrons. The lowest BCUT2D eigenvalue weighted by Crippen LogP contribution is -2.36. The predicted octanol–water partition coefficient (Wildman–Crippen LogP) is 3.39. The molecule has 0 aliphatic rings. The van der Waals surface area contributed by atoms with Crippen molar-refractivity contribution in [1.29, 1.82) is 0 Å². The van der Waals surface area contributed by atoms with Gasteiger partial charge in [-0.2, -0.15) is 0 Å². The van der Waals surface area contributed by atoms with E-state index in [2.05, 4.69) is 38.4 Å². The van der Waals surface area contributed by atoms with Crippen molar-refractivity contribution in [3.05, 3.63) is 16.1 Å². The second kappa shape index (κ2) is 7.98. The molecule has 3 nitrogen and oxygen atoms in total. The first-order chi connectivity index (χ1) is 8.97. The molecule has 1 rings (SSSR count). The van der Waals surface area contributed by atoms with E-state index in [1.165, 1.54) is 10.7 Å². The standard InChI is InChI=1S/C15H28N2OS/c1-6-8-16-12(10-18-7-2)9-14-17-13(11-19-14)15(3,4)5/h11-12,16H,6-10H2,1-5H3. The molecule has 0 radical (unpaired) electrons. The molecule has 19 heavy (non-hydrogen) atoms. The minimum Gasteiger partial charge on any atom is -0.380 e. The lowest BCUT2D eigenvalue weighted by Gasteiger charge is -2.17. The fraction of sp³-hybridized carbons (Fsp3) is 0.800. The minimum absolute atomic E-state index is 0.140. The lowest BCUT2D eigenvalue weighted by atomic mass is 9.93. The lowest BCUT2D eigenvalue weighted by molar-refractivity contribution is 0.122. The van der Waals surface area contributed by atoms with Crippen LogP contribution < -0.4 is 5.32 Å². The van der Waals surface area contributed by atoms with Crippen molar-refractivity contribution < 1.29 is 4.74 Å². The van der Waals surface area contributed by atoms with Gasteiger partial charge >= 0.3 is 0 Å². The summed E-state index contributed by atoms with van der Waals surface area (Å²) in [4.78, 5) is 4.76. The maximum Gasteiger partial charge on any atom is 0.0944 e. The highest BCUT2D eigenvalue weighted by Gasteiger charge is 2.19. The molecule has 0 aliphatic heterocycles. The largest absolute Gasteiger partial charge is 0.380 e. The molecule has 4 heteroatoms. The highest BCUT2D eigenvalue weighted by molar-refractivity contribution is 7.09. The third-order valence-electron chi connectivity index (χ3n) is 2.95. The maximum atomic E-state index is 5.55. The molecule has 0 aliphatic carbocycles. The Morgan fingerprint density at radius 2 is 2.11 bits per heavy atom. The van der Waals surface area contributed by atoms with Crippen LogP contribution >= 0.6 is 11.3 Å². The summed E-state index contributed by atoms with van der Waals surface area (Å²) >= 11 is 1.76. The van der Waals surface area contributed by atoms with Crippen molar-refractivity contribution >= 4 is 11.3 Å². The summed E-state index contributed by atoms with van der Waals surface area (Å²) in [6.45, 7) is 13.4.